The van der Waals surface area contributed by atoms with Crippen LogP contribution in [0.4, 0.5) is 0 Å². The molecule has 0 radical (unpaired) electrons. The molecule has 0 unspecified atom stereocenters. The van der Waals surface area contributed by atoms with E-state index >= 15 is 0 Å². The molecule has 8 aromatic rings. The zero-order valence-corrected chi connectivity index (χ0v) is 39.4. The van der Waals surface area contributed by atoms with Crippen molar-refractivity contribution in [3.63, 3.8) is 0 Å². The summed E-state index contributed by atoms with van der Waals surface area (Å²) in [6, 6.07) is 37.6. The first-order valence-corrected chi connectivity index (χ1v) is 23.0. The Balaban J connectivity index is 1.50. The van der Waals surface area contributed by atoms with Gasteiger partial charge < -0.3 is 0 Å². The van der Waals surface area contributed by atoms with Gasteiger partial charge in [-0.2, -0.15) is 0 Å². The summed E-state index contributed by atoms with van der Waals surface area (Å²) in [7, 11) is 0. The second-order valence-electron chi connectivity index (χ2n) is 20.7. The maximum atomic E-state index is 12.5. The molecular weight excluding hydrogens is 798 g/mol. The number of phenolic OH excluding ortho intramolecular Hbond substituents is 1. The summed E-state index contributed by atoms with van der Waals surface area (Å²) in [4.78, 5) is 13.1. The first-order valence-electron chi connectivity index (χ1n) is 21.2. The van der Waals surface area contributed by atoms with Crippen LogP contribution in [0.3, 0.4) is 0 Å². The first-order chi connectivity index (χ1) is 28.1. The molecule has 0 atom stereocenters. The van der Waals surface area contributed by atoms with Gasteiger partial charge in [-0.15, -0.1) is 0 Å². The van der Waals surface area contributed by atoms with Crippen LogP contribution in [-0.4, -0.2) is 34.1 Å². The van der Waals surface area contributed by atoms with E-state index in [-0.39, 0.29) is 41.9 Å². The number of para-hydroxylation sites is 1. The molecule has 0 spiro atoms. The summed E-state index contributed by atoms with van der Waals surface area (Å²) in [6.45, 7) is 29.1. The Hall–Kier alpha value is -5.22. The Morgan fingerprint density at radius 3 is 1.88 bits per heavy atom. The van der Waals surface area contributed by atoms with Gasteiger partial charge in [-0.1, -0.05) is 98.7 Å². The van der Waals surface area contributed by atoms with E-state index in [1.807, 2.05) is 6.20 Å². The van der Waals surface area contributed by atoms with E-state index in [9.17, 15) is 5.11 Å². The van der Waals surface area contributed by atoms with Gasteiger partial charge in [0.15, 0.2) is 0 Å². The molecule has 0 saturated heterocycles. The SMILES string of the molecule is Cc1c[se]c2c(-c3cc(-c4cccc5c4nc(-c4cc(C(C)(C)C)cc(C(C)(C)C)c4O)n5-c4ccc(C(C)(C)C)cc4-c4ccccc4)cc(C(C)(C)C)c3)nccc12. The molecule has 0 fully saturated rings. The molecule has 0 amide bonds. The molecule has 0 aliphatic heterocycles. The van der Waals surface area contributed by atoms with Crippen LogP contribution in [0.2, 0.25) is 0 Å². The second-order valence-corrected chi connectivity index (χ2v) is 22.6. The number of phenols is 1. The van der Waals surface area contributed by atoms with Crippen molar-refractivity contribution in [3.05, 3.63) is 142 Å². The average molecular weight is 857 g/mol. The van der Waals surface area contributed by atoms with E-state index in [1.165, 1.54) is 26.3 Å². The van der Waals surface area contributed by atoms with Gasteiger partial charge in [0.25, 0.3) is 0 Å². The zero-order chi connectivity index (χ0) is 43.1. The number of aromatic hydroxyl groups is 1. The predicted octanol–water partition coefficient (Wildman–Crippen LogP) is 14.5. The van der Waals surface area contributed by atoms with Gasteiger partial charge in [0, 0.05) is 0 Å². The molecule has 5 aromatic carbocycles. The molecule has 0 bridgehead atoms. The van der Waals surface area contributed by atoms with E-state index in [0.29, 0.717) is 5.82 Å². The standard InChI is InChI=1S/C55H59N3OSe/c1-33-32-60-50-40(33)24-25-56-47(50)36-26-35(27-38(28-36)53(5,6)7)41-20-17-21-46-48(41)57-51(43-30-39(54(8,9)10)31-44(49(43)59)55(11,12)13)58(46)45-23-22-37(52(2,3)4)29-42(45)34-18-15-14-16-19-34/h14-32,59H,1-13H3. The molecule has 306 valence electrons. The number of aromatic nitrogens is 3. The fraction of sp³-hybridized carbons (Fsp3) is 0.309. The summed E-state index contributed by atoms with van der Waals surface area (Å²) in [5.41, 5.74) is 15.4. The molecular formula is C55H59N3OSe. The molecule has 3 heterocycles. The monoisotopic (exact) mass is 857 g/mol. The quantitative estimate of drug-likeness (QED) is 0.175. The van der Waals surface area contributed by atoms with Crippen molar-refractivity contribution in [1.29, 1.82) is 0 Å². The third kappa shape index (κ3) is 7.56. The van der Waals surface area contributed by atoms with E-state index in [1.54, 1.807) is 0 Å². The van der Waals surface area contributed by atoms with Gasteiger partial charge in [-0.05, 0) is 21.8 Å². The van der Waals surface area contributed by atoms with Crippen molar-refractivity contribution in [1.82, 2.24) is 14.5 Å². The number of benzene rings is 5. The maximum absolute atomic E-state index is 12.5. The molecule has 0 saturated carbocycles. The normalized spacial score (nSPS) is 12.8. The summed E-state index contributed by atoms with van der Waals surface area (Å²) in [6.07, 6.45) is 1.96. The molecule has 4 nitrogen and oxygen atoms in total. The number of imidazole rings is 1. The topological polar surface area (TPSA) is 50.9 Å². The van der Waals surface area contributed by atoms with Crippen molar-refractivity contribution in [3.8, 4) is 56.3 Å². The van der Waals surface area contributed by atoms with Crippen molar-refractivity contribution in [2.24, 2.45) is 0 Å². The Labute approximate surface area is 363 Å². The summed E-state index contributed by atoms with van der Waals surface area (Å²) >= 11 is 0.225. The summed E-state index contributed by atoms with van der Waals surface area (Å²) in [5.74, 6) is 0.985. The van der Waals surface area contributed by atoms with Crippen LogP contribution in [0.5, 0.6) is 5.75 Å². The van der Waals surface area contributed by atoms with E-state index in [4.69, 9.17) is 9.97 Å². The van der Waals surface area contributed by atoms with Crippen LogP contribution in [0.1, 0.15) is 111 Å². The average Bonchev–Trinajstić information content (AvgIpc) is 3.76. The summed E-state index contributed by atoms with van der Waals surface area (Å²) < 4.78 is 3.65. The van der Waals surface area contributed by atoms with E-state index in [2.05, 4.69) is 203 Å². The van der Waals surface area contributed by atoms with Crippen LogP contribution < -0.4 is 0 Å². The first kappa shape index (κ1) is 41.5. The molecule has 8 rings (SSSR count). The zero-order valence-electron chi connectivity index (χ0n) is 37.7. The van der Waals surface area contributed by atoms with Gasteiger partial charge in [-0.3, -0.25) is 0 Å². The molecule has 3 aromatic heterocycles. The van der Waals surface area contributed by atoms with Crippen LogP contribution in [0.25, 0.3) is 71.3 Å². The van der Waals surface area contributed by atoms with Crippen molar-refractivity contribution >= 4 is 35.2 Å². The second kappa shape index (κ2) is 14.8. The molecule has 1 N–H and O–H groups in total. The number of fused-ring (bicyclic) bond motifs is 2. The minimum atomic E-state index is -0.309. The molecule has 0 aliphatic rings. The number of hydrogen-bond donors (Lipinski definition) is 1. The number of rotatable bonds is 5. The van der Waals surface area contributed by atoms with E-state index in [0.717, 1.165) is 66.9 Å². The Morgan fingerprint density at radius 2 is 1.22 bits per heavy atom. The Kier molecular flexibility index (Phi) is 10.2. The number of hydrogen-bond acceptors (Lipinski definition) is 3. The fourth-order valence-electron chi connectivity index (χ4n) is 8.26. The number of nitrogens with zero attached hydrogens (tertiary/aromatic N) is 3. The van der Waals surface area contributed by atoms with Crippen molar-refractivity contribution in [2.45, 2.75) is 112 Å². The predicted molar refractivity (Wildman–Crippen MR) is 256 cm³/mol. The van der Waals surface area contributed by atoms with Crippen LogP contribution in [0.15, 0.2) is 114 Å². The van der Waals surface area contributed by atoms with Gasteiger partial charge >= 0.3 is 244 Å². The van der Waals surface area contributed by atoms with Gasteiger partial charge in [0.1, 0.15) is 0 Å². The fourth-order valence-corrected chi connectivity index (χ4v) is 10.5. The van der Waals surface area contributed by atoms with Gasteiger partial charge in [0.05, 0.1) is 0 Å². The van der Waals surface area contributed by atoms with Crippen molar-refractivity contribution in [2.75, 3.05) is 0 Å². The van der Waals surface area contributed by atoms with Crippen molar-refractivity contribution < 1.29 is 5.11 Å². The van der Waals surface area contributed by atoms with Crippen LogP contribution >= 0.6 is 0 Å². The Bertz CT molecular complexity index is 2920. The van der Waals surface area contributed by atoms with E-state index < -0.39 is 0 Å². The van der Waals surface area contributed by atoms with Crippen LogP contribution in [0, 0.1) is 6.92 Å². The third-order valence-electron chi connectivity index (χ3n) is 12.0. The van der Waals surface area contributed by atoms with Gasteiger partial charge in [0.2, 0.25) is 0 Å². The van der Waals surface area contributed by atoms with Gasteiger partial charge in [-0.25, -0.2) is 0 Å². The summed E-state index contributed by atoms with van der Waals surface area (Å²) in [5, 5.41) is 13.8. The Morgan fingerprint density at radius 1 is 0.567 bits per heavy atom. The minimum absolute atomic E-state index is 0.0601. The number of pyridine rings is 1. The number of aryl methyl sites for hydroxylation is 1. The molecule has 5 heteroatoms. The molecule has 60 heavy (non-hydrogen) atoms. The van der Waals surface area contributed by atoms with Crippen LogP contribution in [-0.2, 0) is 21.7 Å². The molecule has 0 aliphatic carbocycles. The third-order valence-corrected chi connectivity index (χ3v) is 14.3.